The maximum atomic E-state index is 12.9. The Labute approximate surface area is 177 Å². The van der Waals surface area contributed by atoms with Crippen molar-refractivity contribution in [3.8, 4) is 0 Å². The van der Waals surface area contributed by atoms with E-state index in [2.05, 4.69) is 12.6 Å². The van der Waals surface area contributed by atoms with Crippen LogP contribution in [0.5, 0.6) is 0 Å². The maximum absolute atomic E-state index is 12.9. The molecule has 150 valence electrons. The van der Waals surface area contributed by atoms with Crippen LogP contribution in [0.3, 0.4) is 0 Å². The minimum atomic E-state index is -0.356. The zero-order valence-electron chi connectivity index (χ0n) is 16.4. The Balaban J connectivity index is 1.58. The highest BCUT2D eigenvalue weighted by Crippen LogP contribution is 2.31. The van der Waals surface area contributed by atoms with Crippen LogP contribution in [-0.4, -0.2) is 9.55 Å². The third-order valence-corrected chi connectivity index (χ3v) is 6.56. The number of benzene rings is 2. The predicted molar refractivity (Wildman–Crippen MR) is 120 cm³/mol. The summed E-state index contributed by atoms with van der Waals surface area (Å²) in [7, 11) is 0. The molecule has 6 heteroatoms. The van der Waals surface area contributed by atoms with Crippen molar-refractivity contribution in [2.45, 2.75) is 36.7 Å². The first kappa shape index (κ1) is 18.9. The quantitative estimate of drug-likeness (QED) is 0.208. The van der Waals surface area contributed by atoms with Crippen LogP contribution in [0.1, 0.15) is 23.1 Å². The molecule has 0 spiro atoms. The highest BCUT2D eigenvalue weighted by atomic mass is 32.2. The van der Waals surface area contributed by atoms with Gasteiger partial charge in [-0.15, -0.1) is 6.58 Å². The zero-order valence-corrected chi connectivity index (χ0v) is 17.2. The molecule has 5 rings (SSSR count). The molecule has 0 N–H and O–H groups in total. The number of rotatable bonds is 5. The van der Waals surface area contributed by atoms with Crippen molar-refractivity contribution in [1.82, 2.24) is 9.55 Å². The van der Waals surface area contributed by atoms with Crippen LogP contribution in [0.25, 0.3) is 21.9 Å². The van der Waals surface area contributed by atoms with Gasteiger partial charge in [-0.25, -0.2) is 9.78 Å². The van der Waals surface area contributed by atoms with E-state index in [1.165, 1.54) is 22.9 Å². The van der Waals surface area contributed by atoms with E-state index in [0.29, 0.717) is 33.9 Å². The number of aryl methyl sites for hydroxylation is 2. The molecule has 2 aromatic carbocycles. The van der Waals surface area contributed by atoms with Crippen LogP contribution in [0.15, 0.2) is 74.3 Å². The summed E-state index contributed by atoms with van der Waals surface area (Å²) < 4.78 is 7.10. The first-order valence-electron chi connectivity index (χ1n) is 9.96. The second-order valence-corrected chi connectivity index (χ2v) is 8.41. The Morgan fingerprint density at radius 2 is 1.90 bits per heavy atom. The molecular formula is C24H20N2O3S. The molecule has 0 atom stereocenters. The lowest BCUT2D eigenvalue weighted by molar-refractivity contribution is 0.559. The molecule has 2 aromatic heterocycles. The predicted octanol–water partition coefficient (Wildman–Crippen LogP) is 4.47. The molecule has 0 fully saturated rings. The van der Waals surface area contributed by atoms with Crippen LogP contribution < -0.4 is 11.2 Å². The first-order chi connectivity index (χ1) is 14.6. The fourth-order valence-corrected chi connectivity index (χ4v) is 5.10. The monoisotopic (exact) mass is 416 g/mol. The minimum Gasteiger partial charge on any atom is -0.423 e. The van der Waals surface area contributed by atoms with Gasteiger partial charge in [0.25, 0.3) is 5.56 Å². The largest absolute Gasteiger partial charge is 0.423 e. The Kier molecular flexibility index (Phi) is 4.79. The van der Waals surface area contributed by atoms with Crippen molar-refractivity contribution in [3.63, 3.8) is 0 Å². The third-order valence-electron chi connectivity index (χ3n) is 5.54. The van der Waals surface area contributed by atoms with Gasteiger partial charge in [0.15, 0.2) is 5.16 Å². The van der Waals surface area contributed by atoms with Crippen LogP contribution in [0.2, 0.25) is 0 Å². The summed E-state index contributed by atoms with van der Waals surface area (Å²) in [6.07, 6.45) is 4.91. The van der Waals surface area contributed by atoms with E-state index in [4.69, 9.17) is 9.40 Å². The van der Waals surface area contributed by atoms with Crippen molar-refractivity contribution in [2.24, 2.45) is 0 Å². The molecule has 2 heterocycles. The number of nitrogens with zero attached hydrogens (tertiary/aromatic N) is 2. The Morgan fingerprint density at radius 1 is 1.10 bits per heavy atom. The average molecular weight is 417 g/mol. The SMILES string of the molecule is C=CCn1c(SCc2cc(=O)oc3cc4c(cc23)CCC4)nc2ccccc2c1=O. The van der Waals surface area contributed by atoms with E-state index < -0.39 is 0 Å². The van der Waals surface area contributed by atoms with Crippen molar-refractivity contribution in [1.29, 1.82) is 0 Å². The topological polar surface area (TPSA) is 65.1 Å². The smallest absolute Gasteiger partial charge is 0.336 e. The van der Waals surface area contributed by atoms with Gasteiger partial charge in [-0.1, -0.05) is 30.0 Å². The van der Waals surface area contributed by atoms with Crippen molar-refractivity contribution >= 4 is 33.6 Å². The normalized spacial score (nSPS) is 13.1. The van der Waals surface area contributed by atoms with Gasteiger partial charge in [-0.05, 0) is 60.2 Å². The van der Waals surface area contributed by atoms with Crippen LogP contribution in [0, 0.1) is 0 Å². The second kappa shape index (κ2) is 7.61. The van der Waals surface area contributed by atoms with Gasteiger partial charge in [0.1, 0.15) is 5.58 Å². The number of para-hydroxylation sites is 1. The number of allylic oxidation sites excluding steroid dienone is 1. The van der Waals surface area contributed by atoms with Crippen molar-refractivity contribution in [2.75, 3.05) is 0 Å². The molecule has 0 aliphatic heterocycles. The van der Waals surface area contributed by atoms with Crippen molar-refractivity contribution in [3.05, 3.63) is 92.6 Å². The van der Waals surface area contributed by atoms with Crippen molar-refractivity contribution < 1.29 is 4.42 Å². The van der Waals surface area contributed by atoms with Gasteiger partial charge in [0.2, 0.25) is 0 Å². The van der Waals surface area contributed by atoms with Gasteiger partial charge in [-0.2, -0.15) is 0 Å². The lowest BCUT2D eigenvalue weighted by atomic mass is 10.0. The Bertz CT molecular complexity index is 1420. The van der Waals surface area contributed by atoms with Gasteiger partial charge < -0.3 is 4.42 Å². The van der Waals surface area contributed by atoms with Crippen LogP contribution in [0.4, 0.5) is 0 Å². The first-order valence-corrected chi connectivity index (χ1v) is 10.9. The maximum Gasteiger partial charge on any atom is 0.336 e. The third kappa shape index (κ3) is 3.27. The lowest BCUT2D eigenvalue weighted by Crippen LogP contribution is -2.22. The molecule has 0 saturated carbocycles. The summed E-state index contributed by atoms with van der Waals surface area (Å²) in [6, 6.07) is 13.1. The highest BCUT2D eigenvalue weighted by Gasteiger charge is 2.16. The molecule has 0 saturated heterocycles. The molecule has 0 unspecified atom stereocenters. The fraction of sp³-hybridized carbons (Fsp3) is 0.208. The van der Waals surface area contributed by atoms with E-state index in [1.807, 2.05) is 24.3 Å². The van der Waals surface area contributed by atoms with Gasteiger partial charge >= 0.3 is 5.63 Å². The number of hydrogen-bond donors (Lipinski definition) is 0. The van der Waals surface area contributed by atoms with E-state index in [-0.39, 0.29) is 11.2 Å². The number of hydrogen-bond acceptors (Lipinski definition) is 5. The summed E-state index contributed by atoms with van der Waals surface area (Å²) >= 11 is 1.45. The summed E-state index contributed by atoms with van der Waals surface area (Å²) in [5.74, 6) is 0.517. The highest BCUT2D eigenvalue weighted by molar-refractivity contribution is 7.98. The molecule has 0 radical (unpaired) electrons. The number of fused-ring (bicyclic) bond motifs is 3. The molecule has 1 aliphatic rings. The van der Waals surface area contributed by atoms with Gasteiger partial charge in [-0.3, -0.25) is 9.36 Å². The van der Waals surface area contributed by atoms with Crippen LogP contribution in [-0.2, 0) is 25.1 Å². The van der Waals surface area contributed by atoms with Gasteiger partial charge in [0.05, 0.1) is 10.9 Å². The van der Waals surface area contributed by atoms with Crippen LogP contribution >= 0.6 is 11.8 Å². The van der Waals surface area contributed by atoms with E-state index in [0.717, 1.165) is 30.2 Å². The molecule has 30 heavy (non-hydrogen) atoms. The second-order valence-electron chi connectivity index (χ2n) is 7.47. The number of aromatic nitrogens is 2. The lowest BCUT2D eigenvalue weighted by Gasteiger charge is -2.12. The zero-order chi connectivity index (χ0) is 20.7. The molecule has 0 bridgehead atoms. The molecule has 5 nitrogen and oxygen atoms in total. The summed E-state index contributed by atoms with van der Waals surface area (Å²) in [6.45, 7) is 4.15. The van der Waals surface area contributed by atoms with E-state index in [1.54, 1.807) is 22.8 Å². The summed E-state index contributed by atoms with van der Waals surface area (Å²) in [4.78, 5) is 29.8. The molecule has 0 amide bonds. The molecule has 4 aromatic rings. The minimum absolute atomic E-state index is 0.0850. The summed E-state index contributed by atoms with van der Waals surface area (Å²) in [5, 5.41) is 2.16. The summed E-state index contributed by atoms with van der Waals surface area (Å²) in [5.41, 5.74) is 4.36. The Hall–Kier alpha value is -3.12. The van der Waals surface area contributed by atoms with E-state index in [9.17, 15) is 9.59 Å². The van der Waals surface area contributed by atoms with E-state index >= 15 is 0 Å². The average Bonchev–Trinajstić information content (AvgIpc) is 3.20. The number of thioether (sulfide) groups is 1. The van der Waals surface area contributed by atoms with Gasteiger partial charge in [0, 0.05) is 23.8 Å². The molecular weight excluding hydrogens is 396 g/mol. The Morgan fingerprint density at radius 3 is 2.73 bits per heavy atom. The fourth-order valence-electron chi connectivity index (χ4n) is 4.10. The standard InChI is InChI=1S/C24H20N2O3S/c1-2-10-26-23(28)18-8-3-4-9-20(18)25-24(26)30-14-17-13-22(27)29-21-12-16-7-5-6-15(16)11-19(17)21/h2-4,8-9,11-13H,1,5-7,10,14H2. The molecule has 1 aliphatic carbocycles.